The Morgan fingerprint density at radius 3 is 2.60 bits per heavy atom. The lowest BCUT2D eigenvalue weighted by Gasteiger charge is -2.36. The second-order valence-corrected chi connectivity index (χ2v) is 5.93. The molecule has 0 bridgehead atoms. The van der Waals surface area contributed by atoms with Crippen LogP contribution in [0.2, 0.25) is 0 Å². The van der Waals surface area contributed by atoms with Gasteiger partial charge in [-0.05, 0) is 38.5 Å². The van der Waals surface area contributed by atoms with Crippen LogP contribution in [-0.4, -0.2) is 36.4 Å². The molecule has 20 heavy (non-hydrogen) atoms. The van der Waals surface area contributed by atoms with E-state index in [4.69, 9.17) is 15.2 Å². The number of hydrogen-bond donors (Lipinski definition) is 1. The van der Waals surface area contributed by atoms with Gasteiger partial charge in [-0.3, -0.25) is 4.90 Å². The average molecular weight is 278 g/mol. The molecular formula is C15H22N2O3. The van der Waals surface area contributed by atoms with Gasteiger partial charge in [-0.15, -0.1) is 0 Å². The molecule has 1 aliphatic rings. The van der Waals surface area contributed by atoms with Crippen molar-refractivity contribution < 1.29 is 14.3 Å². The van der Waals surface area contributed by atoms with E-state index in [-0.39, 0.29) is 12.1 Å². The molecule has 110 valence electrons. The van der Waals surface area contributed by atoms with E-state index in [0.29, 0.717) is 25.4 Å². The number of nitrogens with zero attached hydrogens (tertiary/aromatic N) is 1. The molecule has 2 rings (SSSR count). The molecule has 1 saturated heterocycles. The molecule has 0 saturated carbocycles. The lowest BCUT2D eigenvalue weighted by molar-refractivity contribution is -0.0331. The van der Waals surface area contributed by atoms with Gasteiger partial charge in [0.2, 0.25) is 0 Å². The Bertz CT molecular complexity index is 465. The second kappa shape index (κ2) is 5.71. The lowest BCUT2D eigenvalue weighted by atomic mass is 10.0. The summed E-state index contributed by atoms with van der Waals surface area (Å²) >= 11 is 0. The number of benzene rings is 1. The third kappa shape index (κ3) is 3.63. The highest BCUT2D eigenvalue weighted by atomic mass is 16.6. The van der Waals surface area contributed by atoms with Crippen LogP contribution in [0.5, 0.6) is 0 Å². The van der Waals surface area contributed by atoms with Crippen LogP contribution in [0.15, 0.2) is 24.3 Å². The van der Waals surface area contributed by atoms with Gasteiger partial charge >= 0.3 is 6.09 Å². The van der Waals surface area contributed by atoms with Gasteiger partial charge in [-0.2, -0.15) is 0 Å². The number of anilines is 1. The average Bonchev–Trinajstić information content (AvgIpc) is 2.38. The van der Waals surface area contributed by atoms with Crippen molar-refractivity contribution in [2.24, 2.45) is 0 Å². The Balaban J connectivity index is 2.16. The molecule has 1 amide bonds. The monoisotopic (exact) mass is 278 g/mol. The van der Waals surface area contributed by atoms with E-state index in [9.17, 15) is 4.79 Å². The fourth-order valence-electron chi connectivity index (χ4n) is 2.14. The summed E-state index contributed by atoms with van der Waals surface area (Å²) in [7, 11) is 0. The largest absolute Gasteiger partial charge is 0.444 e. The first-order valence-corrected chi connectivity index (χ1v) is 6.79. The highest BCUT2D eigenvalue weighted by Gasteiger charge is 2.31. The number of carbonyl (C=O) groups is 1. The summed E-state index contributed by atoms with van der Waals surface area (Å²) in [4.78, 5) is 14.0. The molecule has 1 unspecified atom stereocenters. The summed E-state index contributed by atoms with van der Waals surface area (Å²) < 4.78 is 11.0. The molecule has 0 spiro atoms. The van der Waals surface area contributed by atoms with E-state index in [1.165, 1.54) is 0 Å². The van der Waals surface area contributed by atoms with Crippen LogP contribution in [0.4, 0.5) is 10.5 Å². The maximum Gasteiger partial charge on any atom is 0.410 e. The number of amides is 1. The minimum Gasteiger partial charge on any atom is -0.444 e. The number of morpholine rings is 1. The zero-order valence-electron chi connectivity index (χ0n) is 12.3. The quantitative estimate of drug-likeness (QED) is 0.802. The van der Waals surface area contributed by atoms with E-state index in [0.717, 1.165) is 5.56 Å². The number of nitrogens with two attached hydrogens (primary N) is 1. The van der Waals surface area contributed by atoms with Gasteiger partial charge in [0.25, 0.3) is 0 Å². The Labute approximate surface area is 119 Å². The molecule has 5 nitrogen and oxygen atoms in total. The molecule has 1 fully saturated rings. The molecule has 1 heterocycles. The summed E-state index contributed by atoms with van der Waals surface area (Å²) in [5.74, 6) is 0. The van der Waals surface area contributed by atoms with Crippen molar-refractivity contribution in [3.05, 3.63) is 29.8 Å². The molecule has 2 N–H and O–H groups in total. The van der Waals surface area contributed by atoms with Gasteiger partial charge in [-0.1, -0.05) is 12.1 Å². The normalized spacial score (nSPS) is 19.8. The van der Waals surface area contributed by atoms with Crippen molar-refractivity contribution in [2.45, 2.75) is 32.4 Å². The van der Waals surface area contributed by atoms with Crippen LogP contribution >= 0.6 is 0 Å². The van der Waals surface area contributed by atoms with Gasteiger partial charge < -0.3 is 15.2 Å². The maximum atomic E-state index is 12.3. The van der Waals surface area contributed by atoms with Crippen molar-refractivity contribution in [1.29, 1.82) is 0 Å². The van der Waals surface area contributed by atoms with Crippen LogP contribution in [0.1, 0.15) is 32.4 Å². The Kier molecular flexibility index (Phi) is 4.18. The van der Waals surface area contributed by atoms with Gasteiger partial charge in [0.15, 0.2) is 0 Å². The molecule has 5 heteroatoms. The maximum absolute atomic E-state index is 12.3. The molecule has 1 aromatic carbocycles. The molecule has 0 radical (unpaired) electrons. The van der Waals surface area contributed by atoms with E-state index in [1.807, 2.05) is 45.0 Å². The molecular weight excluding hydrogens is 256 g/mol. The minimum atomic E-state index is -0.499. The van der Waals surface area contributed by atoms with Crippen molar-refractivity contribution >= 4 is 11.8 Å². The predicted molar refractivity (Wildman–Crippen MR) is 77.4 cm³/mol. The third-order valence-electron chi connectivity index (χ3n) is 3.08. The van der Waals surface area contributed by atoms with Gasteiger partial charge in [0, 0.05) is 12.2 Å². The standard InChI is InChI=1S/C15H22N2O3/c1-15(2,3)20-14(18)17-8-9-19-10-13(17)11-4-6-12(16)7-5-11/h4-7,13H,8-10,16H2,1-3H3. The van der Waals surface area contributed by atoms with Gasteiger partial charge in [0.1, 0.15) is 5.60 Å². The Morgan fingerprint density at radius 2 is 2.00 bits per heavy atom. The number of nitrogen functional groups attached to an aromatic ring is 1. The van der Waals surface area contributed by atoms with Crippen molar-refractivity contribution in [2.75, 3.05) is 25.5 Å². The number of ether oxygens (including phenoxy) is 2. The molecule has 1 aliphatic heterocycles. The van der Waals surface area contributed by atoms with E-state index < -0.39 is 5.60 Å². The van der Waals surface area contributed by atoms with Crippen LogP contribution in [-0.2, 0) is 9.47 Å². The molecule has 0 aromatic heterocycles. The topological polar surface area (TPSA) is 64.8 Å². The van der Waals surface area contributed by atoms with Gasteiger partial charge in [0.05, 0.1) is 19.3 Å². The first-order chi connectivity index (χ1) is 9.37. The zero-order chi connectivity index (χ0) is 14.8. The van der Waals surface area contributed by atoms with E-state index in [1.54, 1.807) is 4.90 Å². The summed E-state index contributed by atoms with van der Waals surface area (Å²) in [5.41, 5.74) is 6.91. The number of carbonyl (C=O) groups excluding carboxylic acids is 1. The summed E-state index contributed by atoms with van der Waals surface area (Å²) in [5, 5.41) is 0. The highest BCUT2D eigenvalue weighted by Crippen LogP contribution is 2.26. The lowest BCUT2D eigenvalue weighted by Crippen LogP contribution is -2.45. The fourth-order valence-corrected chi connectivity index (χ4v) is 2.14. The Hall–Kier alpha value is -1.75. The predicted octanol–water partition coefficient (Wildman–Crippen LogP) is 2.58. The highest BCUT2D eigenvalue weighted by molar-refractivity contribution is 5.69. The minimum absolute atomic E-state index is 0.126. The van der Waals surface area contributed by atoms with E-state index in [2.05, 4.69) is 0 Å². The number of rotatable bonds is 1. The smallest absolute Gasteiger partial charge is 0.410 e. The molecule has 0 aliphatic carbocycles. The third-order valence-corrected chi connectivity index (χ3v) is 3.08. The second-order valence-electron chi connectivity index (χ2n) is 5.93. The van der Waals surface area contributed by atoms with Crippen molar-refractivity contribution in [3.8, 4) is 0 Å². The van der Waals surface area contributed by atoms with Crippen LogP contribution in [0.3, 0.4) is 0 Å². The molecule has 1 aromatic rings. The van der Waals surface area contributed by atoms with Crippen LogP contribution in [0.25, 0.3) is 0 Å². The van der Waals surface area contributed by atoms with E-state index >= 15 is 0 Å². The zero-order valence-corrected chi connectivity index (χ0v) is 12.3. The first-order valence-electron chi connectivity index (χ1n) is 6.79. The fraction of sp³-hybridized carbons (Fsp3) is 0.533. The summed E-state index contributed by atoms with van der Waals surface area (Å²) in [6.07, 6.45) is -0.303. The first kappa shape index (κ1) is 14.7. The van der Waals surface area contributed by atoms with Crippen molar-refractivity contribution in [1.82, 2.24) is 4.90 Å². The SMILES string of the molecule is CC(C)(C)OC(=O)N1CCOCC1c1ccc(N)cc1. The van der Waals surface area contributed by atoms with Crippen LogP contribution < -0.4 is 5.73 Å². The molecule has 1 atom stereocenters. The van der Waals surface area contributed by atoms with Crippen molar-refractivity contribution in [3.63, 3.8) is 0 Å². The Morgan fingerprint density at radius 1 is 1.35 bits per heavy atom. The van der Waals surface area contributed by atoms with Crippen LogP contribution in [0, 0.1) is 0 Å². The van der Waals surface area contributed by atoms with Gasteiger partial charge in [-0.25, -0.2) is 4.79 Å². The number of hydrogen-bond acceptors (Lipinski definition) is 4. The summed E-state index contributed by atoms with van der Waals surface area (Å²) in [6, 6.07) is 7.38. The summed E-state index contributed by atoms with van der Waals surface area (Å²) in [6.45, 7) is 7.13.